The van der Waals surface area contributed by atoms with Crippen molar-refractivity contribution in [2.24, 2.45) is 0 Å². The van der Waals surface area contributed by atoms with Gasteiger partial charge in [0.25, 0.3) is 11.8 Å². The Morgan fingerprint density at radius 3 is 2.50 bits per heavy atom. The molecule has 0 unspecified atom stereocenters. The molecule has 0 aromatic heterocycles. The molecule has 0 atom stereocenters. The van der Waals surface area contributed by atoms with Gasteiger partial charge in [0.1, 0.15) is 5.75 Å². The van der Waals surface area contributed by atoms with Gasteiger partial charge in [0.15, 0.2) is 6.61 Å². The maximum absolute atomic E-state index is 12.9. The van der Waals surface area contributed by atoms with Gasteiger partial charge < -0.3 is 25.2 Å². The van der Waals surface area contributed by atoms with Crippen LogP contribution < -0.4 is 20.3 Å². The minimum atomic E-state index is -0.300. The fourth-order valence-electron chi connectivity index (χ4n) is 3.60. The van der Waals surface area contributed by atoms with Crippen LogP contribution in [0.25, 0.3) is 0 Å². The summed E-state index contributed by atoms with van der Waals surface area (Å²) >= 11 is 5.86. The third-order valence-electron chi connectivity index (χ3n) is 5.22. The normalized spacial score (nSPS) is 13.3. The number of rotatable bonds is 10. The van der Waals surface area contributed by atoms with Crippen molar-refractivity contribution in [3.05, 3.63) is 53.1 Å². The van der Waals surface area contributed by atoms with Crippen molar-refractivity contribution in [1.29, 1.82) is 0 Å². The molecule has 7 nitrogen and oxygen atoms in total. The number of halogens is 1. The molecule has 1 aliphatic heterocycles. The molecule has 172 valence electrons. The van der Waals surface area contributed by atoms with Crippen molar-refractivity contribution in [2.75, 3.05) is 57.1 Å². The highest BCUT2D eigenvalue weighted by molar-refractivity contribution is 6.30. The average molecular weight is 459 g/mol. The molecule has 2 aromatic carbocycles. The van der Waals surface area contributed by atoms with Crippen molar-refractivity contribution in [1.82, 2.24) is 10.2 Å². The SMILES string of the molecule is CN(C)CCCNC(=O)c1cc(NC(=O)COc2ccc(Cl)cc2)ccc1N1CCCC1. The lowest BCUT2D eigenvalue weighted by molar-refractivity contribution is -0.118. The first-order valence-electron chi connectivity index (χ1n) is 10.9. The van der Waals surface area contributed by atoms with Gasteiger partial charge in [-0.25, -0.2) is 0 Å². The first kappa shape index (κ1) is 23.9. The molecule has 2 amide bonds. The minimum absolute atomic E-state index is 0.126. The Bertz CT molecular complexity index is 912. The van der Waals surface area contributed by atoms with E-state index in [4.69, 9.17) is 16.3 Å². The van der Waals surface area contributed by atoms with Gasteiger partial charge in [-0.2, -0.15) is 0 Å². The predicted molar refractivity (Wildman–Crippen MR) is 129 cm³/mol. The summed E-state index contributed by atoms with van der Waals surface area (Å²) in [5.74, 6) is 0.136. The van der Waals surface area contributed by atoms with Crippen LogP contribution in [0.3, 0.4) is 0 Å². The Labute approximate surface area is 194 Å². The van der Waals surface area contributed by atoms with Crippen LogP contribution in [0.2, 0.25) is 5.02 Å². The number of hydrogen-bond acceptors (Lipinski definition) is 5. The van der Waals surface area contributed by atoms with Crippen LogP contribution in [0, 0.1) is 0 Å². The van der Waals surface area contributed by atoms with Crippen LogP contribution in [-0.4, -0.2) is 63.6 Å². The molecule has 1 fully saturated rings. The number of amides is 2. The average Bonchev–Trinajstić information content (AvgIpc) is 3.31. The lowest BCUT2D eigenvalue weighted by atomic mass is 10.1. The lowest BCUT2D eigenvalue weighted by Crippen LogP contribution is -2.30. The highest BCUT2D eigenvalue weighted by atomic mass is 35.5. The van der Waals surface area contributed by atoms with E-state index in [9.17, 15) is 9.59 Å². The Morgan fingerprint density at radius 1 is 1.09 bits per heavy atom. The molecule has 1 saturated heterocycles. The third-order valence-corrected chi connectivity index (χ3v) is 5.47. The highest BCUT2D eigenvalue weighted by Gasteiger charge is 2.20. The Kier molecular flexibility index (Phi) is 8.76. The summed E-state index contributed by atoms with van der Waals surface area (Å²) in [6.07, 6.45) is 3.10. The summed E-state index contributed by atoms with van der Waals surface area (Å²) in [6, 6.07) is 12.3. The van der Waals surface area contributed by atoms with Gasteiger partial charge in [0.05, 0.1) is 5.56 Å². The van der Waals surface area contributed by atoms with Crippen LogP contribution in [0.15, 0.2) is 42.5 Å². The number of hydrogen-bond donors (Lipinski definition) is 2. The summed E-state index contributed by atoms with van der Waals surface area (Å²) in [5, 5.41) is 6.44. The van der Waals surface area contributed by atoms with Crippen molar-refractivity contribution in [2.45, 2.75) is 19.3 Å². The van der Waals surface area contributed by atoms with E-state index in [0.717, 1.165) is 44.6 Å². The van der Waals surface area contributed by atoms with Crippen LogP contribution in [0.5, 0.6) is 5.75 Å². The molecular formula is C24H31ClN4O3. The van der Waals surface area contributed by atoms with Gasteiger partial charge in [0, 0.05) is 36.0 Å². The third kappa shape index (κ3) is 7.14. The number of anilines is 2. The van der Waals surface area contributed by atoms with E-state index in [-0.39, 0.29) is 18.4 Å². The lowest BCUT2D eigenvalue weighted by Gasteiger charge is -2.22. The molecule has 2 aromatic rings. The molecule has 0 radical (unpaired) electrons. The van der Waals surface area contributed by atoms with Crippen LogP contribution in [0.4, 0.5) is 11.4 Å². The topological polar surface area (TPSA) is 73.9 Å². The van der Waals surface area contributed by atoms with Gasteiger partial charge in [-0.15, -0.1) is 0 Å². The summed E-state index contributed by atoms with van der Waals surface area (Å²) in [6.45, 7) is 3.23. The molecule has 0 spiro atoms. The van der Waals surface area contributed by atoms with Crippen molar-refractivity contribution in [3.8, 4) is 5.75 Å². The summed E-state index contributed by atoms with van der Waals surface area (Å²) in [5.41, 5.74) is 2.05. The van der Waals surface area contributed by atoms with E-state index in [1.807, 2.05) is 26.2 Å². The molecule has 1 heterocycles. The van der Waals surface area contributed by atoms with E-state index < -0.39 is 0 Å². The van der Waals surface area contributed by atoms with Crippen molar-refractivity contribution in [3.63, 3.8) is 0 Å². The second-order valence-electron chi connectivity index (χ2n) is 8.13. The summed E-state index contributed by atoms with van der Waals surface area (Å²) < 4.78 is 5.50. The monoisotopic (exact) mass is 458 g/mol. The second kappa shape index (κ2) is 11.7. The van der Waals surface area contributed by atoms with E-state index >= 15 is 0 Å². The first-order valence-corrected chi connectivity index (χ1v) is 11.3. The highest BCUT2D eigenvalue weighted by Crippen LogP contribution is 2.27. The quantitative estimate of drug-likeness (QED) is 0.532. The molecule has 1 aliphatic rings. The maximum atomic E-state index is 12.9. The van der Waals surface area contributed by atoms with E-state index in [1.54, 1.807) is 30.3 Å². The smallest absolute Gasteiger partial charge is 0.262 e. The zero-order valence-electron chi connectivity index (χ0n) is 18.7. The van der Waals surface area contributed by atoms with Crippen molar-refractivity contribution >= 4 is 34.8 Å². The van der Waals surface area contributed by atoms with Gasteiger partial charge in [0.2, 0.25) is 0 Å². The number of ether oxygens (including phenoxy) is 1. The first-order chi connectivity index (χ1) is 15.4. The number of benzene rings is 2. The predicted octanol–water partition coefficient (Wildman–Crippen LogP) is 3.64. The molecule has 32 heavy (non-hydrogen) atoms. The fourth-order valence-corrected chi connectivity index (χ4v) is 3.72. The van der Waals surface area contributed by atoms with Gasteiger partial charge >= 0.3 is 0 Å². The molecule has 2 N–H and O–H groups in total. The largest absolute Gasteiger partial charge is 0.484 e. The van der Waals surface area contributed by atoms with Gasteiger partial charge in [-0.1, -0.05) is 11.6 Å². The van der Waals surface area contributed by atoms with Gasteiger partial charge in [-0.3, -0.25) is 9.59 Å². The molecule has 0 saturated carbocycles. The molecule has 0 bridgehead atoms. The van der Waals surface area contributed by atoms with Crippen LogP contribution >= 0.6 is 11.6 Å². The number of nitrogens with one attached hydrogen (secondary N) is 2. The Morgan fingerprint density at radius 2 is 1.81 bits per heavy atom. The molecule has 3 rings (SSSR count). The number of carbonyl (C=O) groups is 2. The zero-order chi connectivity index (χ0) is 22.9. The van der Waals surface area contributed by atoms with E-state index in [2.05, 4.69) is 20.4 Å². The number of carbonyl (C=O) groups excluding carboxylic acids is 2. The minimum Gasteiger partial charge on any atom is -0.484 e. The van der Waals surface area contributed by atoms with E-state index in [1.165, 1.54) is 0 Å². The Balaban J connectivity index is 1.65. The maximum Gasteiger partial charge on any atom is 0.262 e. The Hall–Kier alpha value is -2.77. The second-order valence-corrected chi connectivity index (χ2v) is 8.57. The molecular weight excluding hydrogens is 428 g/mol. The van der Waals surface area contributed by atoms with Crippen LogP contribution in [0.1, 0.15) is 29.6 Å². The molecule has 0 aliphatic carbocycles. The molecule has 8 heteroatoms. The van der Waals surface area contributed by atoms with Crippen molar-refractivity contribution < 1.29 is 14.3 Å². The van der Waals surface area contributed by atoms with Gasteiger partial charge in [-0.05, 0) is 82.4 Å². The van der Waals surface area contributed by atoms with E-state index in [0.29, 0.717) is 28.6 Å². The number of nitrogens with zero attached hydrogens (tertiary/aromatic N) is 2. The summed E-state index contributed by atoms with van der Waals surface area (Å²) in [7, 11) is 4.02. The van der Waals surface area contributed by atoms with Crippen LogP contribution in [-0.2, 0) is 4.79 Å². The fraction of sp³-hybridized carbons (Fsp3) is 0.417. The zero-order valence-corrected chi connectivity index (χ0v) is 19.5. The summed E-state index contributed by atoms with van der Waals surface area (Å²) in [4.78, 5) is 29.6. The standard InChI is InChI=1S/C24H31ClN4O3/c1-28(2)13-5-12-26-24(31)21-16-19(8-11-22(21)29-14-3-4-15-29)27-23(30)17-32-20-9-6-18(25)7-10-20/h6-11,16H,3-5,12-15,17H2,1-2H3,(H,26,31)(H,27,30).